The Morgan fingerprint density at radius 1 is 1.27 bits per heavy atom. The molecule has 0 aromatic carbocycles. The minimum atomic E-state index is 0.582. The molecule has 2 rings (SSSR count). The molecule has 15 heavy (non-hydrogen) atoms. The van der Waals surface area contributed by atoms with E-state index in [1.807, 2.05) is 12.1 Å². The van der Waals surface area contributed by atoms with E-state index < -0.39 is 0 Å². The third kappa shape index (κ3) is 2.66. The summed E-state index contributed by atoms with van der Waals surface area (Å²) in [5.41, 5.74) is 0. The molecule has 0 atom stereocenters. The van der Waals surface area contributed by atoms with E-state index in [-0.39, 0.29) is 0 Å². The van der Waals surface area contributed by atoms with Gasteiger partial charge in [-0.05, 0) is 12.1 Å². The van der Waals surface area contributed by atoms with E-state index >= 15 is 0 Å². The Kier molecular flexibility index (Phi) is 3.14. The molecule has 0 fully saturated rings. The summed E-state index contributed by atoms with van der Waals surface area (Å²) in [6.45, 7) is 3.32. The summed E-state index contributed by atoms with van der Waals surface area (Å²) < 4.78 is 10.1. The van der Waals surface area contributed by atoms with Crippen LogP contribution in [0.25, 0.3) is 0 Å². The molecule has 5 heteroatoms. The first-order chi connectivity index (χ1) is 7.38. The molecule has 0 saturated heterocycles. The Morgan fingerprint density at radius 2 is 2.13 bits per heavy atom. The molecule has 2 heterocycles. The molecule has 80 valence electrons. The minimum Gasteiger partial charge on any atom is -0.465 e. The molecule has 2 aromatic heterocycles. The summed E-state index contributed by atoms with van der Waals surface area (Å²) in [7, 11) is 0. The predicted octanol–water partition coefficient (Wildman–Crippen LogP) is 1.51. The van der Waals surface area contributed by atoms with Gasteiger partial charge in [0.15, 0.2) is 5.82 Å². The van der Waals surface area contributed by atoms with Gasteiger partial charge in [-0.1, -0.05) is 12.1 Å². The molecule has 0 radical (unpaired) electrons. The quantitative estimate of drug-likeness (QED) is 0.805. The third-order valence-corrected chi connectivity index (χ3v) is 2.06. The molecule has 5 nitrogen and oxygen atoms in total. The zero-order chi connectivity index (χ0) is 10.5. The van der Waals surface area contributed by atoms with Crippen LogP contribution in [-0.4, -0.2) is 10.1 Å². The minimum absolute atomic E-state index is 0.582. The number of hydrogen-bond donors (Lipinski definition) is 1. The van der Waals surface area contributed by atoms with E-state index in [4.69, 9.17) is 4.42 Å². The smallest absolute Gasteiger partial charge is 0.213 e. The summed E-state index contributed by atoms with van der Waals surface area (Å²) in [5.74, 6) is 2.58. The van der Waals surface area contributed by atoms with Crippen LogP contribution in [0.4, 0.5) is 0 Å². The van der Waals surface area contributed by atoms with Gasteiger partial charge < -0.3 is 14.3 Å². The van der Waals surface area contributed by atoms with E-state index in [0.717, 1.165) is 17.9 Å². The molecule has 0 aliphatic rings. The van der Waals surface area contributed by atoms with Gasteiger partial charge in [0.05, 0.1) is 13.1 Å². The van der Waals surface area contributed by atoms with Gasteiger partial charge in [0.1, 0.15) is 11.5 Å². The molecule has 0 unspecified atom stereocenters. The van der Waals surface area contributed by atoms with Crippen molar-refractivity contribution in [2.45, 2.75) is 26.4 Å². The lowest BCUT2D eigenvalue weighted by molar-refractivity contribution is 0.404. The number of furan rings is 1. The molecule has 0 bridgehead atoms. The average Bonchev–Trinajstić information content (AvgIpc) is 2.88. The van der Waals surface area contributed by atoms with Crippen LogP contribution in [0.2, 0.25) is 0 Å². The Labute approximate surface area is 87.5 Å². The van der Waals surface area contributed by atoms with E-state index in [2.05, 4.69) is 26.9 Å². The van der Waals surface area contributed by atoms with Gasteiger partial charge in [0, 0.05) is 6.42 Å². The van der Waals surface area contributed by atoms with E-state index in [1.165, 1.54) is 6.39 Å². The first kappa shape index (κ1) is 9.92. The summed E-state index contributed by atoms with van der Waals surface area (Å²) in [5, 5.41) is 6.85. The van der Waals surface area contributed by atoms with Gasteiger partial charge in [-0.3, -0.25) is 0 Å². The van der Waals surface area contributed by atoms with Crippen molar-refractivity contribution in [1.29, 1.82) is 0 Å². The third-order valence-electron chi connectivity index (χ3n) is 2.06. The lowest BCUT2D eigenvalue weighted by Crippen LogP contribution is -2.13. The lowest BCUT2D eigenvalue weighted by atomic mass is 10.3. The van der Waals surface area contributed by atoms with Crippen molar-refractivity contribution < 1.29 is 8.94 Å². The summed E-state index contributed by atoms with van der Waals surface area (Å²) >= 11 is 0. The van der Waals surface area contributed by atoms with Crippen molar-refractivity contribution in [3.8, 4) is 0 Å². The van der Waals surface area contributed by atoms with E-state index in [9.17, 15) is 0 Å². The van der Waals surface area contributed by atoms with Crippen molar-refractivity contribution in [1.82, 2.24) is 15.5 Å². The van der Waals surface area contributed by atoms with E-state index in [0.29, 0.717) is 18.9 Å². The number of nitrogens with zero attached hydrogens (tertiary/aromatic N) is 2. The SMILES string of the molecule is CCc1ccc(CNCc2ncon2)o1. The highest BCUT2D eigenvalue weighted by atomic mass is 16.5. The lowest BCUT2D eigenvalue weighted by Gasteiger charge is -1.97. The maximum Gasteiger partial charge on any atom is 0.213 e. The molecular formula is C10H13N3O2. The standard InChI is InChI=1S/C10H13N3O2/c1-2-8-3-4-9(15-8)5-11-6-10-12-7-14-13-10/h3-4,7,11H,2,5-6H2,1H3. The second kappa shape index (κ2) is 4.75. The topological polar surface area (TPSA) is 64.1 Å². The number of rotatable bonds is 5. The average molecular weight is 207 g/mol. The zero-order valence-electron chi connectivity index (χ0n) is 8.56. The molecule has 0 spiro atoms. The fourth-order valence-corrected chi connectivity index (χ4v) is 1.28. The van der Waals surface area contributed by atoms with Gasteiger partial charge in [-0.2, -0.15) is 4.98 Å². The van der Waals surface area contributed by atoms with Gasteiger partial charge in [-0.15, -0.1) is 0 Å². The monoisotopic (exact) mass is 207 g/mol. The maximum atomic E-state index is 5.53. The highest BCUT2D eigenvalue weighted by Crippen LogP contribution is 2.07. The number of aryl methyl sites for hydroxylation is 1. The van der Waals surface area contributed by atoms with Crippen LogP contribution < -0.4 is 5.32 Å². The second-order valence-corrected chi connectivity index (χ2v) is 3.17. The molecule has 0 amide bonds. The van der Waals surface area contributed by atoms with Crippen LogP contribution in [0.1, 0.15) is 24.3 Å². The summed E-state index contributed by atoms with van der Waals surface area (Å²) in [4.78, 5) is 3.90. The van der Waals surface area contributed by atoms with Crippen molar-refractivity contribution in [3.05, 3.63) is 35.9 Å². The number of hydrogen-bond acceptors (Lipinski definition) is 5. The van der Waals surface area contributed by atoms with Crippen LogP contribution in [0.15, 0.2) is 27.5 Å². The van der Waals surface area contributed by atoms with Crippen LogP contribution in [0, 0.1) is 0 Å². The second-order valence-electron chi connectivity index (χ2n) is 3.17. The van der Waals surface area contributed by atoms with Crippen LogP contribution in [0.5, 0.6) is 0 Å². The summed E-state index contributed by atoms with van der Waals surface area (Å²) in [6, 6.07) is 3.97. The highest BCUT2D eigenvalue weighted by Gasteiger charge is 2.01. The van der Waals surface area contributed by atoms with Gasteiger partial charge >= 0.3 is 0 Å². The maximum absolute atomic E-state index is 5.53. The van der Waals surface area contributed by atoms with Gasteiger partial charge in [0.25, 0.3) is 0 Å². The van der Waals surface area contributed by atoms with Crippen molar-refractivity contribution in [3.63, 3.8) is 0 Å². The van der Waals surface area contributed by atoms with Crippen LogP contribution >= 0.6 is 0 Å². The molecule has 0 saturated carbocycles. The zero-order valence-corrected chi connectivity index (χ0v) is 8.56. The molecule has 1 N–H and O–H groups in total. The normalized spacial score (nSPS) is 10.7. The molecule has 0 aliphatic carbocycles. The molecule has 0 aliphatic heterocycles. The van der Waals surface area contributed by atoms with Crippen LogP contribution in [0.3, 0.4) is 0 Å². The predicted molar refractivity (Wildman–Crippen MR) is 52.9 cm³/mol. The fourth-order valence-electron chi connectivity index (χ4n) is 1.28. The highest BCUT2D eigenvalue weighted by molar-refractivity contribution is 5.06. The molecular weight excluding hydrogens is 194 g/mol. The van der Waals surface area contributed by atoms with Gasteiger partial charge in [-0.25, -0.2) is 0 Å². The Bertz CT molecular complexity index is 394. The number of aromatic nitrogens is 2. The first-order valence-electron chi connectivity index (χ1n) is 4.92. The van der Waals surface area contributed by atoms with Crippen molar-refractivity contribution in [2.24, 2.45) is 0 Å². The molecule has 2 aromatic rings. The Morgan fingerprint density at radius 3 is 2.80 bits per heavy atom. The van der Waals surface area contributed by atoms with E-state index in [1.54, 1.807) is 0 Å². The first-order valence-corrected chi connectivity index (χ1v) is 4.92. The Hall–Kier alpha value is -1.62. The largest absolute Gasteiger partial charge is 0.465 e. The number of nitrogens with one attached hydrogen (secondary N) is 1. The Balaban J connectivity index is 1.78. The van der Waals surface area contributed by atoms with Crippen LogP contribution in [-0.2, 0) is 19.5 Å². The van der Waals surface area contributed by atoms with Crippen molar-refractivity contribution >= 4 is 0 Å². The summed E-state index contributed by atoms with van der Waals surface area (Å²) in [6.07, 6.45) is 2.24. The fraction of sp³-hybridized carbons (Fsp3) is 0.400. The van der Waals surface area contributed by atoms with Gasteiger partial charge in [0.2, 0.25) is 6.39 Å². The van der Waals surface area contributed by atoms with Crippen molar-refractivity contribution in [2.75, 3.05) is 0 Å².